The minimum Gasteiger partial charge on any atom is -0.480 e. The number of rotatable bonds is 7. The molecule has 3 N–H and O–H groups in total. The number of hydrogen-bond acceptors (Lipinski definition) is 3. The normalized spacial score (nSPS) is 15.6. The number of urea groups is 1. The molecule has 1 saturated carbocycles. The highest BCUT2D eigenvalue weighted by Gasteiger charge is 2.34. The van der Waals surface area contributed by atoms with E-state index in [4.69, 9.17) is 5.11 Å². The first-order valence-electron chi connectivity index (χ1n) is 6.88. The number of aliphatic carboxylic acids is 1. The van der Waals surface area contributed by atoms with Crippen LogP contribution in [-0.2, 0) is 9.59 Å². The molecular formula is C13H23N3O4. The van der Waals surface area contributed by atoms with Crippen molar-refractivity contribution in [2.75, 3.05) is 13.1 Å². The second kappa shape index (κ2) is 7.12. The molecular weight excluding hydrogens is 262 g/mol. The van der Waals surface area contributed by atoms with E-state index in [1.54, 1.807) is 6.92 Å². The lowest BCUT2D eigenvalue weighted by molar-refractivity contribution is -0.137. The molecule has 7 nitrogen and oxygen atoms in total. The number of amides is 3. The molecule has 0 saturated heterocycles. The predicted molar refractivity (Wildman–Crippen MR) is 73.2 cm³/mol. The van der Waals surface area contributed by atoms with Crippen molar-refractivity contribution in [1.29, 1.82) is 0 Å². The number of nitrogens with zero attached hydrogens (tertiary/aromatic N) is 1. The molecule has 3 amide bonds. The third-order valence-electron chi connectivity index (χ3n) is 2.97. The van der Waals surface area contributed by atoms with Crippen LogP contribution in [0.4, 0.5) is 4.79 Å². The zero-order valence-corrected chi connectivity index (χ0v) is 12.2. The van der Waals surface area contributed by atoms with E-state index in [-0.39, 0.29) is 18.5 Å². The Morgan fingerprint density at radius 2 is 1.85 bits per heavy atom. The zero-order valence-electron chi connectivity index (χ0n) is 12.2. The second-order valence-electron chi connectivity index (χ2n) is 5.56. The summed E-state index contributed by atoms with van der Waals surface area (Å²) in [5, 5.41) is 14.1. The monoisotopic (exact) mass is 285 g/mol. The minimum absolute atomic E-state index is 0.0166. The van der Waals surface area contributed by atoms with Gasteiger partial charge in [-0.05, 0) is 25.7 Å². The van der Waals surface area contributed by atoms with Crippen LogP contribution in [0.2, 0.25) is 0 Å². The summed E-state index contributed by atoms with van der Waals surface area (Å²) in [4.78, 5) is 35.8. The summed E-state index contributed by atoms with van der Waals surface area (Å²) < 4.78 is 0. The van der Waals surface area contributed by atoms with Crippen LogP contribution in [0.5, 0.6) is 0 Å². The van der Waals surface area contributed by atoms with Crippen LogP contribution in [-0.4, -0.2) is 53.1 Å². The van der Waals surface area contributed by atoms with Crippen molar-refractivity contribution < 1.29 is 19.5 Å². The first-order chi connectivity index (χ1) is 9.31. The number of carboxylic acid groups (broad SMARTS) is 1. The van der Waals surface area contributed by atoms with Gasteiger partial charge in [-0.2, -0.15) is 0 Å². The molecule has 0 radical (unpaired) electrons. The summed E-state index contributed by atoms with van der Waals surface area (Å²) in [6, 6.07) is -1.20. The van der Waals surface area contributed by atoms with Crippen LogP contribution in [0, 0.1) is 5.92 Å². The molecule has 1 atom stereocenters. The Labute approximate surface area is 118 Å². The van der Waals surface area contributed by atoms with Gasteiger partial charge in [0.05, 0.1) is 0 Å². The second-order valence-corrected chi connectivity index (χ2v) is 5.56. The van der Waals surface area contributed by atoms with Crippen molar-refractivity contribution in [3.8, 4) is 0 Å². The Morgan fingerprint density at radius 1 is 1.25 bits per heavy atom. The molecule has 20 heavy (non-hydrogen) atoms. The molecule has 0 aliphatic heterocycles. The number of carboxylic acids is 1. The maximum atomic E-state index is 12.0. The standard InChI is InChI=1S/C13H23N3O4/c1-8(2)6-14-12(19)9(3)15-13(20)16(7-11(17)18)10-4-5-10/h8-10H,4-7H2,1-3H3,(H,14,19)(H,15,20)(H,17,18). The third kappa shape index (κ3) is 5.46. The summed E-state index contributed by atoms with van der Waals surface area (Å²) in [6.45, 7) is 5.74. The molecule has 0 aromatic carbocycles. The summed E-state index contributed by atoms with van der Waals surface area (Å²) in [6.07, 6.45) is 1.63. The van der Waals surface area contributed by atoms with Crippen LogP contribution in [0.15, 0.2) is 0 Å². The molecule has 1 unspecified atom stereocenters. The Morgan fingerprint density at radius 3 is 2.30 bits per heavy atom. The van der Waals surface area contributed by atoms with E-state index in [9.17, 15) is 14.4 Å². The van der Waals surface area contributed by atoms with Crippen molar-refractivity contribution >= 4 is 17.9 Å². The van der Waals surface area contributed by atoms with Crippen molar-refractivity contribution in [3.63, 3.8) is 0 Å². The first-order valence-corrected chi connectivity index (χ1v) is 6.88. The lowest BCUT2D eigenvalue weighted by Gasteiger charge is -2.23. The SMILES string of the molecule is CC(C)CNC(=O)C(C)NC(=O)N(CC(=O)O)C1CC1. The molecule has 0 bridgehead atoms. The van der Waals surface area contributed by atoms with Gasteiger partial charge < -0.3 is 20.6 Å². The van der Waals surface area contributed by atoms with Crippen LogP contribution < -0.4 is 10.6 Å². The smallest absolute Gasteiger partial charge is 0.323 e. The number of hydrogen-bond donors (Lipinski definition) is 3. The maximum absolute atomic E-state index is 12.0. The fraction of sp³-hybridized carbons (Fsp3) is 0.769. The molecule has 0 aromatic rings. The van der Waals surface area contributed by atoms with Crippen molar-refractivity contribution in [3.05, 3.63) is 0 Å². The van der Waals surface area contributed by atoms with Crippen LogP contribution in [0.3, 0.4) is 0 Å². The first kappa shape index (κ1) is 16.3. The molecule has 1 aliphatic carbocycles. The lowest BCUT2D eigenvalue weighted by atomic mass is 10.2. The van der Waals surface area contributed by atoms with E-state index < -0.39 is 18.0 Å². The van der Waals surface area contributed by atoms with Gasteiger partial charge in [-0.25, -0.2) is 4.79 Å². The van der Waals surface area contributed by atoms with Gasteiger partial charge in [-0.3, -0.25) is 9.59 Å². The molecule has 0 heterocycles. The van der Waals surface area contributed by atoms with Gasteiger partial charge in [-0.15, -0.1) is 0 Å². The fourth-order valence-electron chi connectivity index (χ4n) is 1.69. The van der Waals surface area contributed by atoms with Gasteiger partial charge in [0.1, 0.15) is 12.6 Å². The highest BCUT2D eigenvalue weighted by atomic mass is 16.4. The van der Waals surface area contributed by atoms with Gasteiger partial charge in [0.15, 0.2) is 0 Å². The molecule has 1 fully saturated rings. The van der Waals surface area contributed by atoms with Crippen molar-refractivity contribution in [1.82, 2.24) is 15.5 Å². The quantitative estimate of drug-likeness (QED) is 0.630. The molecule has 114 valence electrons. The van der Waals surface area contributed by atoms with E-state index in [0.29, 0.717) is 12.5 Å². The summed E-state index contributed by atoms with van der Waals surface area (Å²) in [5.74, 6) is -0.987. The Bertz CT molecular complexity index is 380. The van der Waals surface area contributed by atoms with Gasteiger partial charge in [0.2, 0.25) is 5.91 Å². The molecule has 0 aromatic heterocycles. The van der Waals surface area contributed by atoms with Gasteiger partial charge in [0, 0.05) is 12.6 Å². The average Bonchev–Trinajstić information content (AvgIpc) is 3.16. The summed E-state index contributed by atoms with van der Waals surface area (Å²) in [5.41, 5.74) is 0. The fourth-order valence-corrected chi connectivity index (χ4v) is 1.69. The highest BCUT2D eigenvalue weighted by Crippen LogP contribution is 2.26. The zero-order chi connectivity index (χ0) is 15.3. The molecule has 1 rings (SSSR count). The maximum Gasteiger partial charge on any atom is 0.323 e. The highest BCUT2D eigenvalue weighted by molar-refractivity contribution is 5.88. The van der Waals surface area contributed by atoms with E-state index >= 15 is 0 Å². The molecule has 7 heteroatoms. The number of nitrogens with one attached hydrogen (secondary N) is 2. The largest absolute Gasteiger partial charge is 0.480 e. The van der Waals surface area contributed by atoms with E-state index in [2.05, 4.69) is 10.6 Å². The van der Waals surface area contributed by atoms with Crippen LogP contribution in [0.1, 0.15) is 33.6 Å². The molecule has 1 aliphatic rings. The van der Waals surface area contributed by atoms with Gasteiger partial charge >= 0.3 is 12.0 Å². The number of carbonyl (C=O) groups is 3. The summed E-state index contributed by atoms with van der Waals surface area (Å²) >= 11 is 0. The average molecular weight is 285 g/mol. The van der Waals surface area contributed by atoms with Crippen LogP contribution >= 0.6 is 0 Å². The van der Waals surface area contributed by atoms with E-state index in [0.717, 1.165) is 12.8 Å². The Kier molecular flexibility index (Phi) is 5.79. The van der Waals surface area contributed by atoms with Gasteiger partial charge in [0.25, 0.3) is 0 Å². The van der Waals surface area contributed by atoms with Crippen LogP contribution in [0.25, 0.3) is 0 Å². The predicted octanol–water partition coefficient (Wildman–Crippen LogP) is 0.406. The third-order valence-corrected chi connectivity index (χ3v) is 2.97. The lowest BCUT2D eigenvalue weighted by Crippen LogP contribution is -2.51. The number of carbonyl (C=O) groups excluding carboxylic acids is 2. The van der Waals surface area contributed by atoms with Crippen molar-refractivity contribution in [2.45, 2.75) is 45.7 Å². The van der Waals surface area contributed by atoms with E-state index in [1.165, 1.54) is 4.90 Å². The van der Waals surface area contributed by atoms with Crippen molar-refractivity contribution in [2.24, 2.45) is 5.92 Å². The topological polar surface area (TPSA) is 98.7 Å². The Balaban J connectivity index is 2.46. The Hall–Kier alpha value is -1.79. The van der Waals surface area contributed by atoms with E-state index in [1.807, 2.05) is 13.8 Å². The summed E-state index contributed by atoms with van der Waals surface area (Å²) in [7, 11) is 0. The van der Waals surface area contributed by atoms with Gasteiger partial charge in [-0.1, -0.05) is 13.8 Å². The minimum atomic E-state index is -1.05. The molecule has 0 spiro atoms.